The summed E-state index contributed by atoms with van der Waals surface area (Å²) >= 11 is 7.85. The monoisotopic (exact) mass is 353 g/mol. The van der Waals surface area contributed by atoms with Crippen LogP contribution >= 0.6 is 22.9 Å². The Morgan fingerprint density at radius 2 is 2.22 bits per heavy atom. The third-order valence-corrected chi connectivity index (χ3v) is 5.46. The van der Waals surface area contributed by atoms with Crippen molar-refractivity contribution in [2.24, 2.45) is 0 Å². The number of ether oxygens (including phenoxy) is 1. The number of halogens is 1. The Bertz CT molecular complexity index is 683. The molecule has 2 aromatic heterocycles. The molecule has 0 saturated carbocycles. The zero-order chi connectivity index (χ0) is 16.2. The van der Waals surface area contributed by atoms with E-state index in [1.54, 1.807) is 16.2 Å². The molecule has 7 heteroatoms. The third-order valence-electron chi connectivity index (χ3n) is 4.27. The molecule has 5 nitrogen and oxygen atoms in total. The molecular weight excluding hydrogens is 334 g/mol. The van der Waals surface area contributed by atoms with Gasteiger partial charge in [0.25, 0.3) is 0 Å². The quantitative estimate of drug-likeness (QED) is 0.601. The Morgan fingerprint density at radius 1 is 1.43 bits per heavy atom. The van der Waals surface area contributed by atoms with Gasteiger partial charge in [0, 0.05) is 13.1 Å². The zero-order valence-electron chi connectivity index (χ0n) is 13.1. The van der Waals surface area contributed by atoms with E-state index in [9.17, 15) is 4.79 Å². The number of fused-ring (bicyclic) bond motifs is 1. The van der Waals surface area contributed by atoms with Crippen LogP contribution in [0.5, 0.6) is 0 Å². The Labute approximate surface area is 144 Å². The van der Waals surface area contributed by atoms with Crippen molar-refractivity contribution in [3.63, 3.8) is 0 Å². The number of hydrogen-bond acceptors (Lipinski definition) is 5. The van der Waals surface area contributed by atoms with Gasteiger partial charge in [0.2, 0.25) is 0 Å². The first-order chi connectivity index (χ1) is 11.2. The van der Waals surface area contributed by atoms with Crippen molar-refractivity contribution in [3.8, 4) is 0 Å². The highest BCUT2D eigenvalue weighted by Gasteiger charge is 2.27. The number of amides is 1. The van der Waals surface area contributed by atoms with Crippen LogP contribution in [0.15, 0.2) is 11.7 Å². The highest BCUT2D eigenvalue weighted by Crippen LogP contribution is 2.38. The summed E-state index contributed by atoms with van der Waals surface area (Å²) in [6, 6.07) is 0. The second kappa shape index (κ2) is 7.45. The summed E-state index contributed by atoms with van der Waals surface area (Å²) in [5.41, 5.74) is 1.22. The van der Waals surface area contributed by atoms with Crippen molar-refractivity contribution in [3.05, 3.63) is 22.4 Å². The molecule has 1 fully saturated rings. The molecule has 0 aliphatic carbocycles. The molecule has 23 heavy (non-hydrogen) atoms. The van der Waals surface area contributed by atoms with Crippen LogP contribution in [0, 0.1) is 0 Å². The lowest BCUT2D eigenvalue weighted by Crippen LogP contribution is -2.38. The summed E-state index contributed by atoms with van der Waals surface area (Å²) in [5.74, 6) is 0.395. The number of likely N-dealkylation sites (tertiary alicyclic amines) is 1. The van der Waals surface area contributed by atoms with E-state index in [0.717, 1.165) is 49.0 Å². The number of piperidine rings is 1. The van der Waals surface area contributed by atoms with Crippen LogP contribution in [0.2, 0.25) is 5.15 Å². The summed E-state index contributed by atoms with van der Waals surface area (Å²) < 4.78 is 5.29. The minimum Gasteiger partial charge on any atom is -0.449 e. The van der Waals surface area contributed by atoms with Crippen LogP contribution in [0.25, 0.3) is 10.2 Å². The van der Waals surface area contributed by atoms with E-state index in [4.69, 9.17) is 16.3 Å². The summed E-state index contributed by atoms with van der Waals surface area (Å²) in [4.78, 5) is 23.1. The average molecular weight is 354 g/mol. The van der Waals surface area contributed by atoms with Crippen molar-refractivity contribution < 1.29 is 9.53 Å². The van der Waals surface area contributed by atoms with Gasteiger partial charge < -0.3 is 9.64 Å². The van der Waals surface area contributed by atoms with E-state index in [0.29, 0.717) is 17.7 Å². The van der Waals surface area contributed by atoms with Gasteiger partial charge in [0.1, 0.15) is 16.3 Å². The fourth-order valence-electron chi connectivity index (χ4n) is 2.93. The highest BCUT2D eigenvalue weighted by atomic mass is 35.5. The van der Waals surface area contributed by atoms with Crippen molar-refractivity contribution in [1.82, 2.24) is 14.9 Å². The molecule has 0 unspecified atom stereocenters. The first-order valence-corrected chi connectivity index (χ1v) is 9.25. The van der Waals surface area contributed by atoms with Gasteiger partial charge in [-0.3, -0.25) is 0 Å². The molecule has 1 aliphatic rings. The Balaban J connectivity index is 1.63. The van der Waals surface area contributed by atoms with Gasteiger partial charge in [-0.05, 0) is 36.1 Å². The van der Waals surface area contributed by atoms with Gasteiger partial charge in [0.15, 0.2) is 0 Å². The molecule has 1 aliphatic heterocycles. The molecule has 1 saturated heterocycles. The smallest absolute Gasteiger partial charge is 0.409 e. The van der Waals surface area contributed by atoms with E-state index < -0.39 is 0 Å². The van der Waals surface area contributed by atoms with Crippen LogP contribution in [-0.2, 0) is 4.74 Å². The maximum absolute atomic E-state index is 12.0. The molecule has 0 spiro atoms. The van der Waals surface area contributed by atoms with E-state index >= 15 is 0 Å². The summed E-state index contributed by atoms with van der Waals surface area (Å²) in [7, 11) is 0. The van der Waals surface area contributed by atoms with Gasteiger partial charge in [-0.25, -0.2) is 14.8 Å². The number of carbonyl (C=O) groups is 1. The number of hydrogen-bond donors (Lipinski definition) is 0. The maximum Gasteiger partial charge on any atom is 0.409 e. The molecule has 0 aromatic carbocycles. The van der Waals surface area contributed by atoms with Crippen molar-refractivity contribution in [2.45, 2.75) is 38.5 Å². The number of nitrogens with zero attached hydrogens (tertiary/aromatic N) is 3. The maximum atomic E-state index is 12.0. The Morgan fingerprint density at radius 3 is 2.96 bits per heavy atom. The fourth-order valence-corrected chi connectivity index (χ4v) is 4.22. The van der Waals surface area contributed by atoms with Gasteiger partial charge in [-0.1, -0.05) is 24.9 Å². The lowest BCUT2D eigenvalue weighted by Gasteiger charge is -2.31. The molecule has 0 bridgehead atoms. The minimum atomic E-state index is -0.187. The van der Waals surface area contributed by atoms with Gasteiger partial charge in [-0.15, -0.1) is 11.3 Å². The fraction of sp³-hybridized carbons (Fsp3) is 0.562. The predicted molar refractivity (Wildman–Crippen MR) is 92.2 cm³/mol. The van der Waals surface area contributed by atoms with Gasteiger partial charge in [-0.2, -0.15) is 0 Å². The first-order valence-electron chi connectivity index (χ1n) is 8.00. The van der Waals surface area contributed by atoms with E-state index in [1.165, 1.54) is 11.9 Å². The lowest BCUT2D eigenvalue weighted by atomic mass is 9.90. The number of thiophene rings is 1. The third kappa shape index (κ3) is 3.58. The average Bonchev–Trinajstić information content (AvgIpc) is 3.01. The van der Waals surface area contributed by atoms with Crippen molar-refractivity contribution in [1.29, 1.82) is 0 Å². The SMILES string of the molecule is CCCCOC(=O)N1CCC(c2csc3ncnc(Cl)c23)CC1. The molecule has 0 N–H and O–H groups in total. The lowest BCUT2D eigenvalue weighted by molar-refractivity contribution is 0.0917. The van der Waals surface area contributed by atoms with Crippen molar-refractivity contribution in [2.75, 3.05) is 19.7 Å². The first kappa shape index (κ1) is 16.5. The highest BCUT2D eigenvalue weighted by molar-refractivity contribution is 7.17. The van der Waals surface area contributed by atoms with Crippen LogP contribution in [-0.4, -0.2) is 40.7 Å². The number of unbranched alkanes of at least 4 members (excludes halogenated alkanes) is 1. The molecule has 3 rings (SSSR count). The molecule has 0 radical (unpaired) electrons. The van der Waals surface area contributed by atoms with E-state index in [2.05, 4.69) is 22.3 Å². The molecule has 3 heterocycles. The minimum absolute atomic E-state index is 0.187. The predicted octanol–water partition coefficient (Wildman–Crippen LogP) is 4.46. The summed E-state index contributed by atoms with van der Waals surface area (Å²) in [6.07, 6.45) is 5.10. The summed E-state index contributed by atoms with van der Waals surface area (Å²) in [5, 5.41) is 3.63. The topological polar surface area (TPSA) is 55.3 Å². The molecule has 0 atom stereocenters. The Kier molecular flexibility index (Phi) is 5.33. The van der Waals surface area contributed by atoms with Crippen LogP contribution in [0.3, 0.4) is 0 Å². The number of aromatic nitrogens is 2. The van der Waals surface area contributed by atoms with E-state index in [1.807, 2.05) is 0 Å². The second-order valence-corrected chi connectivity index (χ2v) is 6.98. The normalized spacial score (nSPS) is 16.0. The van der Waals surface area contributed by atoms with Crippen LogP contribution in [0.1, 0.15) is 44.1 Å². The second-order valence-electron chi connectivity index (χ2n) is 5.76. The Hall–Kier alpha value is -1.40. The van der Waals surface area contributed by atoms with E-state index in [-0.39, 0.29) is 6.09 Å². The molecule has 124 valence electrons. The van der Waals surface area contributed by atoms with Gasteiger partial charge in [0.05, 0.1) is 12.0 Å². The standard InChI is InChI=1S/C16H20ClN3O2S/c1-2-3-8-22-16(21)20-6-4-11(5-7-20)12-9-23-15-13(12)14(17)18-10-19-15/h9-11H,2-8H2,1H3. The number of rotatable bonds is 4. The number of carbonyl (C=O) groups excluding carboxylic acids is 1. The van der Waals surface area contributed by atoms with Crippen LogP contribution < -0.4 is 0 Å². The largest absolute Gasteiger partial charge is 0.449 e. The molecule has 2 aromatic rings. The molecular formula is C16H20ClN3O2S. The molecule has 1 amide bonds. The van der Waals surface area contributed by atoms with Crippen LogP contribution in [0.4, 0.5) is 4.79 Å². The van der Waals surface area contributed by atoms with Gasteiger partial charge >= 0.3 is 6.09 Å². The summed E-state index contributed by atoms with van der Waals surface area (Å²) in [6.45, 7) is 4.03. The van der Waals surface area contributed by atoms with Crippen molar-refractivity contribution >= 4 is 39.2 Å². The zero-order valence-corrected chi connectivity index (χ0v) is 14.7.